The topological polar surface area (TPSA) is 72.5 Å². The van der Waals surface area contributed by atoms with Crippen LogP contribution in [-0.2, 0) is 0 Å². The van der Waals surface area contributed by atoms with Crippen LogP contribution in [0.5, 0.6) is 11.5 Å². The van der Waals surface area contributed by atoms with Crippen molar-refractivity contribution in [2.24, 2.45) is 0 Å². The molecule has 0 spiro atoms. The molecule has 0 saturated heterocycles. The van der Waals surface area contributed by atoms with Gasteiger partial charge in [-0.25, -0.2) is 4.79 Å². The Balaban J connectivity index is 2.35. The number of carboxylic acid groups (broad SMARTS) is 1. The third kappa shape index (κ3) is 2.55. The van der Waals surface area contributed by atoms with E-state index in [1.807, 2.05) is 0 Å². The molecular formula is C13H10ClNO3. The molecule has 5 heteroatoms. The second kappa shape index (κ2) is 4.98. The Bertz CT molecular complexity index is 599. The highest BCUT2D eigenvalue weighted by atomic mass is 35.5. The number of rotatable bonds is 3. The second-order valence-electron chi connectivity index (χ2n) is 3.58. The summed E-state index contributed by atoms with van der Waals surface area (Å²) in [5, 5.41) is 9.47. The van der Waals surface area contributed by atoms with Crippen LogP contribution in [0.3, 0.4) is 0 Å². The van der Waals surface area contributed by atoms with Crippen LogP contribution in [0.4, 0.5) is 5.69 Å². The van der Waals surface area contributed by atoms with Crippen LogP contribution in [-0.4, -0.2) is 11.1 Å². The highest BCUT2D eigenvalue weighted by molar-refractivity contribution is 6.30. The molecule has 0 atom stereocenters. The van der Waals surface area contributed by atoms with Crippen molar-refractivity contribution in [3.05, 3.63) is 53.1 Å². The first-order chi connectivity index (χ1) is 8.58. The molecule has 0 saturated carbocycles. The fourth-order valence-electron chi connectivity index (χ4n) is 1.48. The number of anilines is 1. The Kier molecular flexibility index (Phi) is 3.39. The van der Waals surface area contributed by atoms with E-state index >= 15 is 0 Å². The minimum absolute atomic E-state index is 0.00882. The summed E-state index contributed by atoms with van der Waals surface area (Å²) in [5.41, 5.74) is 5.83. The number of halogens is 1. The Morgan fingerprint density at radius 2 is 1.94 bits per heavy atom. The largest absolute Gasteiger partial charge is 0.478 e. The lowest BCUT2D eigenvalue weighted by atomic mass is 10.1. The Hall–Kier alpha value is -2.20. The molecule has 0 unspecified atom stereocenters. The molecule has 0 aliphatic heterocycles. The van der Waals surface area contributed by atoms with Crippen LogP contribution < -0.4 is 10.5 Å². The number of carbonyl (C=O) groups is 1. The van der Waals surface area contributed by atoms with Crippen LogP contribution in [0.2, 0.25) is 5.02 Å². The van der Waals surface area contributed by atoms with Crippen molar-refractivity contribution in [3.8, 4) is 11.5 Å². The van der Waals surface area contributed by atoms with Crippen LogP contribution >= 0.6 is 11.6 Å². The Morgan fingerprint density at radius 3 is 2.61 bits per heavy atom. The van der Waals surface area contributed by atoms with Gasteiger partial charge >= 0.3 is 5.97 Å². The molecule has 0 aliphatic rings. The van der Waals surface area contributed by atoms with Crippen molar-refractivity contribution in [2.75, 3.05) is 5.73 Å². The van der Waals surface area contributed by atoms with Crippen LogP contribution in [0, 0.1) is 0 Å². The van der Waals surface area contributed by atoms with E-state index in [-0.39, 0.29) is 17.0 Å². The van der Waals surface area contributed by atoms with Gasteiger partial charge in [0.25, 0.3) is 0 Å². The third-order valence-electron chi connectivity index (χ3n) is 2.32. The average Bonchev–Trinajstić information content (AvgIpc) is 2.31. The van der Waals surface area contributed by atoms with E-state index in [1.54, 1.807) is 36.4 Å². The number of nitrogens with two attached hydrogens (primary N) is 1. The first-order valence-electron chi connectivity index (χ1n) is 5.13. The molecule has 0 radical (unpaired) electrons. The van der Waals surface area contributed by atoms with E-state index in [4.69, 9.17) is 27.2 Å². The number of hydrogen-bond acceptors (Lipinski definition) is 3. The van der Waals surface area contributed by atoms with E-state index in [2.05, 4.69) is 0 Å². The van der Waals surface area contributed by atoms with Crippen molar-refractivity contribution in [1.29, 1.82) is 0 Å². The highest BCUT2D eigenvalue weighted by Crippen LogP contribution is 2.30. The molecular weight excluding hydrogens is 254 g/mol. The predicted molar refractivity (Wildman–Crippen MR) is 69.3 cm³/mol. The van der Waals surface area contributed by atoms with E-state index in [1.165, 1.54) is 6.07 Å². The lowest BCUT2D eigenvalue weighted by Crippen LogP contribution is -2.03. The molecule has 4 nitrogen and oxygen atoms in total. The van der Waals surface area contributed by atoms with Gasteiger partial charge in [0.2, 0.25) is 0 Å². The van der Waals surface area contributed by atoms with Gasteiger partial charge in [-0.3, -0.25) is 0 Å². The van der Waals surface area contributed by atoms with Gasteiger partial charge in [-0.2, -0.15) is 0 Å². The summed E-state index contributed by atoms with van der Waals surface area (Å²) >= 11 is 5.83. The number of carboxylic acids is 1. The summed E-state index contributed by atoms with van der Waals surface area (Å²) < 4.78 is 5.51. The average molecular weight is 264 g/mol. The number of benzene rings is 2. The second-order valence-corrected chi connectivity index (χ2v) is 4.02. The van der Waals surface area contributed by atoms with Crippen molar-refractivity contribution < 1.29 is 14.6 Å². The van der Waals surface area contributed by atoms with E-state index in [9.17, 15) is 4.79 Å². The molecule has 92 valence electrons. The van der Waals surface area contributed by atoms with Gasteiger partial charge in [-0.1, -0.05) is 23.7 Å². The SMILES string of the molecule is Nc1c(Oc2cccc(Cl)c2)cccc1C(=O)O. The van der Waals surface area contributed by atoms with Crippen molar-refractivity contribution >= 4 is 23.3 Å². The fourth-order valence-corrected chi connectivity index (χ4v) is 1.66. The van der Waals surface area contributed by atoms with Crippen LogP contribution in [0.15, 0.2) is 42.5 Å². The van der Waals surface area contributed by atoms with Crippen molar-refractivity contribution in [2.45, 2.75) is 0 Å². The van der Waals surface area contributed by atoms with Crippen molar-refractivity contribution in [1.82, 2.24) is 0 Å². The molecule has 0 fully saturated rings. The summed E-state index contributed by atoms with van der Waals surface area (Å²) in [7, 11) is 0. The molecule has 0 aliphatic carbocycles. The van der Waals surface area contributed by atoms with Crippen molar-refractivity contribution in [3.63, 3.8) is 0 Å². The maximum absolute atomic E-state index is 10.9. The number of para-hydroxylation sites is 1. The third-order valence-corrected chi connectivity index (χ3v) is 2.56. The van der Waals surface area contributed by atoms with E-state index in [0.29, 0.717) is 10.8 Å². The zero-order valence-corrected chi connectivity index (χ0v) is 10.0. The fraction of sp³-hybridized carbons (Fsp3) is 0. The first kappa shape index (κ1) is 12.3. The van der Waals surface area contributed by atoms with Gasteiger partial charge in [0, 0.05) is 5.02 Å². The predicted octanol–water partition coefficient (Wildman–Crippen LogP) is 3.41. The van der Waals surface area contributed by atoms with Gasteiger partial charge in [0.05, 0.1) is 11.3 Å². The normalized spacial score (nSPS) is 10.1. The standard InChI is InChI=1S/C13H10ClNO3/c14-8-3-1-4-9(7-8)18-11-6-2-5-10(12(11)15)13(16)17/h1-7H,15H2,(H,16,17). The molecule has 0 aromatic heterocycles. The minimum Gasteiger partial charge on any atom is -0.478 e. The summed E-state index contributed by atoms with van der Waals surface area (Å²) in [6.07, 6.45) is 0. The first-order valence-corrected chi connectivity index (χ1v) is 5.51. The maximum atomic E-state index is 10.9. The monoisotopic (exact) mass is 263 g/mol. The smallest absolute Gasteiger partial charge is 0.337 e. The Labute approximate surface area is 109 Å². The van der Waals surface area contributed by atoms with Gasteiger partial charge in [-0.15, -0.1) is 0 Å². The summed E-state index contributed by atoms with van der Waals surface area (Å²) in [4.78, 5) is 10.9. The van der Waals surface area contributed by atoms with Gasteiger partial charge < -0.3 is 15.6 Å². The molecule has 0 heterocycles. The zero-order chi connectivity index (χ0) is 13.1. The molecule has 18 heavy (non-hydrogen) atoms. The van der Waals surface area contributed by atoms with Crippen LogP contribution in [0.25, 0.3) is 0 Å². The maximum Gasteiger partial charge on any atom is 0.337 e. The quantitative estimate of drug-likeness (QED) is 0.833. The minimum atomic E-state index is -1.09. The summed E-state index contributed by atoms with van der Waals surface area (Å²) in [5.74, 6) is -0.307. The molecule has 2 aromatic carbocycles. The number of nitrogen functional groups attached to an aromatic ring is 1. The molecule has 0 bridgehead atoms. The lowest BCUT2D eigenvalue weighted by molar-refractivity contribution is 0.0697. The van der Waals surface area contributed by atoms with Gasteiger partial charge in [0.15, 0.2) is 5.75 Å². The molecule has 3 N–H and O–H groups in total. The highest BCUT2D eigenvalue weighted by Gasteiger charge is 2.12. The number of ether oxygens (including phenoxy) is 1. The van der Waals surface area contributed by atoms with Crippen LogP contribution in [0.1, 0.15) is 10.4 Å². The summed E-state index contributed by atoms with van der Waals surface area (Å²) in [6.45, 7) is 0. The molecule has 2 aromatic rings. The number of hydrogen-bond donors (Lipinski definition) is 2. The summed E-state index contributed by atoms with van der Waals surface area (Å²) in [6, 6.07) is 11.4. The molecule has 2 rings (SSSR count). The van der Waals surface area contributed by atoms with Gasteiger partial charge in [0.1, 0.15) is 5.75 Å². The van der Waals surface area contributed by atoms with E-state index < -0.39 is 5.97 Å². The van der Waals surface area contributed by atoms with E-state index in [0.717, 1.165) is 0 Å². The zero-order valence-electron chi connectivity index (χ0n) is 9.26. The Morgan fingerprint density at radius 1 is 1.22 bits per heavy atom. The molecule has 0 amide bonds. The number of aromatic carboxylic acids is 1. The lowest BCUT2D eigenvalue weighted by Gasteiger charge is -2.10. The van der Waals surface area contributed by atoms with Gasteiger partial charge in [-0.05, 0) is 30.3 Å².